The van der Waals surface area contributed by atoms with Crippen LogP contribution in [0.2, 0.25) is 0 Å². The van der Waals surface area contributed by atoms with Crippen molar-refractivity contribution in [3.8, 4) is 11.5 Å². The zero-order chi connectivity index (χ0) is 13.1. The molecule has 5 nitrogen and oxygen atoms in total. The van der Waals surface area contributed by atoms with Gasteiger partial charge in [0.1, 0.15) is 11.5 Å². The number of ether oxygens (including phenoxy) is 1. The second-order valence-electron chi connectivity index (χ2n) is 4.14. The fourth-order valence-corrected chi connectivity index (χ4v) is 2.29. The lowest BCUT2D eigenvalue weighted by Gasteiger charge is -2.32. The molecule has 1 saturated heterocycles. The van der Waals surface area contributed by atoms with Gasteiger partial charge in [0.25, 0.3) is 5.91 Å². The highest BCUT2D eigenvalue weighted by molar-refractivity contribution is 9.09. The SMILES string of the molecule is O=C(c1cc(O)cc(O)c1)N1CCOC(CBr)C1. The quantitative estimate of drug-likeness (QED) is 0.808. The molecule has 1 atom stereocenters. The minimum atomic E-state index is -0.213. The summed E-state index contributed by atoms with van der Waals surface area (Å²) in [4.78, 5) is 13.9. The standard InChI is InChI=1S/C12H14BrNO4/c13-6-11-7-14(1-2-18-11)12(17)8-3-9(15)5-10(16)4-8/h3-5,11,15-16H,1-2,6-7H2. The van der Waals surface area contributed by atoms with Crippen molar-refractivity contribution in [2.24, 2.45) is 0 Å². The average Bonchev–Trinajstić information content (AvgIpc) is 2.37. The Kier molecular flexibility index (Phi) is 4.08. The molecule has 0 saturated carbocycles. The molecule has 1 heterocycles. The number of morpholine rings is 1. The van der Waals surface area contributed by atoms with Gasteiger partial charge in [-0.15, -0.1) is 0 Å². The number of phenols is 2. The molecular formula is C12H14BrNO4. The van der Waals surface area contributed by atoms with E-state index in [0.29, 0.717) is 25.0 Å². The summed E-state index contributed by atoms with van der Waals surface area (Å²) < 4.78 is 5.45. The predicted molar refractivity (Wildman–Crippen MR) is 69.2 cm³/mol. The number of hydrogen-bond donors (Lipinski definition) is 2. The number of benzene rings is 1. The zero-order valence-electron chi connectivity index (χ0n) is 9.67. The zero-order valence-corrected chi connectivity index (χ0v) is 11.3. The lowest BCUT2D eigenvalue weighted by Crippen LogP contribution is -2.46. The molecule has 0 aromatic heterocycles. The van der Waals surface area contributed by atoms with Crippen LogP contribution < -0.4 is 0 Å². The molecule has 1 amide bonds. The number of carbonyl (C=O) groups is 1. The summed E-state index contributed by atoms with van der Waals surface area (Å²) >= 11 is 3.32. The number of carbonyl (C=O) groups excluding carboxylic acids is 1. The summed E-state index contributed by atoms with van der Waals surface area (Å²) in [6.45, 7) is 1.51. The van der Waals surface area contributed by atoms with Crippen molar-refractivity contribution < 1.29 is 19.7 Å². The molecule has 98 valence electrons. The van der Waals surface area contributed by atoms with Gasteiger partial charge in [0, 0.05) is 30.0 Å². The molecule has 0 bridgehead atoms. The number of aromatic hydroxyl groups is 2. The Morgan fingerprint density at radius 3 is 2.67 bits per heavy atom. The summed E-state index contributed by atoms with van der Waals surface area (Å²) in [6, 6.07) is 3.89. The molecule has 2 N–H and O–H groups in total. The van der Waals surface area contributed by atoms with E-state index < -0.39 is 0 Å². The predicted octanol–water partition coefficient (Wildman–Crippen LogP) is 1.33. The van der Waals surface area contributed by atoms with Crippen molar-refractivity contribution >= 4 is 21.8 Å². The van der Waals surface area contributed by atoms with Crippen LogP contribution in [0.4, 0.5) is 0 Å². The highest BCUT2D eigenvalue weighted by atomic mass is 79.9. The summed E-state index contributed by atoms with van der Waals surface area (Å²) in [5.74, 6) is -0.456. The van der Waals surface area contributed by atoms with E-state index >= 15 is 0 Å². The molecule has 0 radical (unpaired) electrons. The van der Waals surface area contributed by atoms with Crippen molar-refractivity contribution in [3.63, 3.8) is 0 Å². The number of rotatable bonds is 2. The Hall–Kier alpha value is -1.27. The van der Waals surface area contributed by atoms with E-state index in [9.17, 15) is 15.0 Å². The van der Waals surface area contributed by atoms with Crippen LogP contribution in [0, 0.1) is 0 Å². The van der Waals surface area contributed by atoms with E-state index in [1.54, 1.807) is 4.90 Å². The van der Waals surface area contributed by atoms with E-state index in [0.717, 1.165) is 0 Å². The molecule has 0 aliphatic carbocycles. The number of halogens is 1. The van der Waals surface area contributed by atoms with Crippen molar-refractivity contribution in [3.05, 3.63) is 23.8 Å². The van der Waals surface area contributed by atoms with Gasteiger partial charge in [-0.1, -0.05) is 15.9 Å². The molecule has 1 aliphatic heterocycles. The molecular weight excluding hydrogens is 302 g/mol. The van der Waals surface area contributed by atoms with Crippen LogP contribution >= 0.6 is 15.9 Å². The molecule has 2 rings (SSSR count). The van der Waals surface area contributed by atoms with Gasteiger partial charge in [-0.3, -0.25) is 4.79 Å². The van der Waals surface area contributed by atoms with Gasteiger partial charge in [-0.25, -0.2) is 0 Å². The minimum absolute atomic E-state index is 0.0198. The van der Waals surface area contributed by atoms with Crippen molar-refractivity contribution in [2.75, 3.05) is 25.0 Å². The Morgan fingerprint density at radius 2 is 2.06 bits per heavy atom. The van der Waals surface area contributed by atoms with Crippen molar-refractivity contribution in [1.29, 1.82) is 0 Å². The van der Waals surface area contributed by atoms with E-state index in [2.05, 4.69) is 15.9 Å². The molecule has 1 unspecified atom stereocenters. The minimum Gasteiger partial charge on any atom is -0.508 e. The molecule has 1 aromatic rings. The first-order valence-electron chi connectivity index (χ1n) is 5.60. The highest BCUT2D eigenvalue weighted by Gasteiger charge is 2.24. The van der Waals surface area contributed by atoms with Gasteiger partial charge in [-0.2, -0.15) is 0 Å². The third-order valence-corrected chi connectivity index (χ3v) is 3.47. The maximum atomic E-state index is 12.2. The molecule has 1 aromatic carbocycles. The van der Waals surface area contributed by atoms with Gasteiger partial charge < -0.3 is 19.8 Å². The summed E-state index contributed by atoms with van der Waals surface area (Å²) in [6.07, 6.45) is -0.0198. The smallest absolute Gasteiger partial charge is 0.254 e. The highest BCUT2D eigenvalue weighted by Crippen LogP contribution is 2.22. The maximum Gasteiger partial charge on any atom is 0.254 e. The Morgan fingerprint density at radius 1 is 1.39 bits per heavy atom. The van der Waals surface area contributed by atoms with E-state index in [-0.39, 0.29) is 29.1 Å². The topological polar surface area (TPSA) is 70.0 Å². The first-order chi connectivity index (χ1) is 8.60. The molecule has 0 spiro atoms. The Labute approximate surface area is 113 Å². The Bertz CT molecular complexity index is 431. The summed E-state index contributed by atoms with van der Waals surface area (Å²) in [7, 11) is 0. The Balaban J connectivity index is 2.15. The van der Waals surface area contributed by atoms with Crippen LogP contribution in [0.1, 0.15) is 10.4 Å². The molecule has 6 heteroatoms. The first kappa shape index (κ1) is 13.2. The van der Waals surface area contributed by atoms with E-state index in [1.165, 1.54) is 18.2 Å². The van der Waals surface area contributed by atoms with Crippen LogP contribution in [-0.2, 0) is 4.74 Å². The number of amides is 1. The normalized spacial score (nSPS) is 19.8. The van der Waals surface area contributed by atoms with Crippen molar-refractivity contribution in [1.82, 2.24) is 4.90 Å². The number of alkyl halides is 1. The lowest BCUT2D eigenvalue weighted by molar-refractivity contribution is -0.00966. The number of phenolic OH excluding ortho intramolecular Hbond substituents is 2. The second-order valence-corrected chi connectivity index (χ2v) is 4.78. The van der Waals surface area contributed by atoms with Crippen LogP contribution in [0.5, 0.6) is 11.5 Å². The summed E-state index contributed by atoms with van der Waals surface area (Å²) in [5, 5.41) is 19.4. The van der Waals surface area contributed by atoms with E-state index in [4.69, 9.17) is 4.74 Å². The lowest BCUT2D eigenvalue weighted by atomic mass is 10.1. The van der Waals surface area contributed by atoms with Crippen LogP contribution in [0.3, 0.4) is 0 Å². The van der Waals surface area contributed by atoms with E-state index in [1.807, 2.05) is 0 Å². The molecule has 1 fully saturated rings. The molecule has 1 aliphatic rings. The third-order valence-electron chi connectivity index (χ3n) is 2.75. The third kappa shape index (κ3) is 2.94. The largest absolute Gasteiger partial charge is 0.508 e. The van der Waals surface area contributed by atoms with Gasteiger partial charge in [0.2, 0.25) is 0 Å². The van der Waals surface area contributed by atoms with Crippen LogP contribution in [0.25, 0.3) is 0 Å². The van der Waals surface area contributed by atoms with Gasteiger partial charge in [0.05, 0.1) is 12.7 Å². The van der Waals surface area contributed by atoms with Gasteiger partial charge in [-0.05, 0) is 12.1 Å². The van der Waals surface area contributed by atoms with Crippen molar-refractivity contribution in [2.45, 2.75) is 6.10 Å². The number of hydrogen-bond acceptors (Lipinski definition) is 4. The maximum absolute atomic E-state index is 12.2. The van der Waals surface area contributed by atoms with Crippen LogP contribution in [-0.4, -0.2) is 52.2 Å². The summed E-state index contributed by atoms with van der Waals surface area (Å²) in [5.41, 5.74) is 0.280. The first-order valence-corrected chi connectivity index (χ1v) is 6.72. The average molecular weight is 316 g/mol. The fourth-order valence-electron chi connectivity index (χ4n) is 1.90. The van der Waals surface area contributed by atoms with Crippen LogP contribution in [0.15, 0.2) is 18.2 Å². The number of nitrogens with zero attached hydrogens (tertiary/aromatic N) is 1. The van der Waals surface area contributed by atoms with Gasteiger partial charge in [0.15, 0.2) is 0 Å². The van der Waals surface area contributed by atoms with Gasteiger partial charge >= 0.3 is 0 Å². The second kappa shape index (κ2) is 5.58. The molecule has 18 heavy (non-hydrogen) atoms. The monoisotopic (exact) mass is 315 g/mol. The fraction of sp³-hybridized carbons (Fsp3) is 0.417.